The first-order valence-electron chi connectivity index (χ1n) is 8.13. The Balaban J connectivity index is 1.85. The van der Waals surface area contributed by atoms with Crippen molar-refractivity contribution in [1.29, 1.82) is 0 Å². The molecule has 0 saturated heterocycles. The maximum absolute atomic E-state index is 12.6. The molecular formula is C19H20O5S. The SMILES string of the molecule is CS(=O)(=O)OC(C(=O)OC(c1ccccc1)c1ccccc1)C1CC1. The van der Waals surface area contributed by atoms with Crippen LogP contribution in [0.4, 0.5) is 0 Å². The first kappa shape index (κ1) is 17.6. The summed E-state index contributed by atoms with van der Waals surface area (Å²) in [7, 11) is -3.74. The Kier molecular flexibility index (Phi) is 5.20. The van der Waals surface area contributed by atoms with Crippen LogP contribution in [0.25, 0.3) is 0 Å². The molecule has 5 nitrogen and oxygen atoms in total. The van der Waals surface area contributed by atoms with Crippen LogP contribution >= 0.6 is 0 Å². The molecule has 0 N–H and O–H groups in total. The van der Waals surface area contributed by atoms with E-state index in [4.69, 9.17) is 8.92 Å². The van der Waals surface area contributed by atoms with E-state index >= 15 is 0 Å². The molecule has 1 unspecified atom stereocenters. The Morgan fingerprint density at radius 3 is 1.84 bits per heavy atom. The Morgan fingerprint density at radius 2 is 1.44 bits per heavy atom. The van der Waals surface area contributed by atoms with Crippen molar-refractivity contribution in [3.63, 3.8) is 0 Å². The fraction of sp³-hybridized carbons (Fsp3) is 0.316. The van der Waals surface area contributed by atoms with E-state index in [1.807, 2.05) is 60.7 Å². The van der Waals surface area contributed by atoms with E-state index < -0.39 is 28.3 Å². The molecule has 1 atom stereocenters. The van der Waals surface area contributed by atoms with Crippen LogP contribution in [0.3, 0.4) is 0 Å². The first-order chi connectivity index (χ1) is 11.9. The number of esters is 1. The van der Waals surface area contributed by atoms with Crippen LogP contribution in [-0.2, 0) is 23.8 Å². The van der Waals surface area contributed by atoms with E-state index in [9.17, 15) is 13.2 Å². The maximum Gasteiger partial charge on any atom is 0.338 e. The van der Waals surface area contributed by atoms with Crippen molar-refractivity contribution in [3.05, 3.63) is 71.8 Å². The van der Waals surface area contributed by atoms with Gasteiger partial charge in [-0.1, -0.05) is 60.7 Å². The van der Waals surface area contributed by atoms with Gasteiger partial charge in [-0.15, -0.1) is 0 Å². The maximum atomic E-state index is 12.6. The number of benzene rings is 2. The third-order valence-corrected chi connectivity index (χ3v) is 4.56. The summed E-state index contributed by atoms with van der Waals surface area (Å²) in [5.41, 5.74) is 1.63. The molecule has 1 saturated carbocycles. The summed E-state index contributed by atoms with van der Waals surface area (Å²) in [6, 6.07) is 18.7. The quantitative estimate of drug-likeness (QED) is 0.561. The highest BCUT2D eigenvalue weighted by Crippen LogP contribution is 2.37. The lowest BCUT2D eigenvalue weighted by Crippen LogP contribution is -2.32. The minimum absolute atomic E-state index is 0.102. The summed E-state index contributed by atoms with van der Waals surface area (Å²) in [6.07, 6.45) is 0.777. The van der Waals surface area contributed by atoms with Crippen molar-refractivity contribution in [1.82, 2.24) is 0 Å². The topological polar surface area (TPSA) is 69.7 Å². The number of ether oxygens (including phenoxy) is 1. The summed E-state index contributed by atoms with van der Waals surface area (Å²) in [5.74, 6) is -0.750. The van der Waals surface area contributed by atoms with Crippen molar-refractivity contribution in [2.75, 3.05) is 6.26 Å². The van der Waals surface area contributed by atoms with Gasteiger partial charge in [-0.2, -0.15) is 8.42 Å². The van der Waals surface area contributed by atoms with Crippen molar-refractivity contribution in [2.45, 2.75) is 25.0 Å². The third kappa shape index (κ3) is 4.90. The van der Waals surface area contributed by atoms with E-state index in [-0.39, 0.29) is 5.92 Å². The fourth-order valence-electron chi connectivity index (χ4n) is 2.66. The Morgan fingerprint density at radius 1 is 0.960 bits per heavy atom. The van der Waals surface area contributed by atoms with E-state index in [0.717, 1.165) is 30.2 Å². The minimum atomic E-state index is -3.74. The molecule has 25 heavy (non-hydrogen) atoms. The summed E-state index contributed by atoms with van der Waals surface area (Å²) in [4.78, 5) is 12.6. The molecule has 1 aliphatic carbocycles. The highest BCUT2D eigenvalue weighted by Gasteiger charge is 2.41. The van der Waals surface area contributed by atoms with Gasteiger partial charge in [0.15, 0.2) is 12.2 Å². The molecule has 3 rings (SSSR count). The second-order valence-corrected chi connectivity index (χ2v) is 7.80. The van der Waals surface area contributed by atoms with Crippen LogP contribution in [0, 0.1) is 5.92 Å². The third-order valence-electron chi connectivity index (χ3n) is 4.00. The lowest BCUT2D eigenvalue weighted by molar-refractivity contribution is -0.156. The van der Waals surface area contributed by atoms with Crippen LogP contribution < -0.4 is 0 Å². The van der Waals surface area contributed by atoms with E-state index in [1.165, 1.54) is 0 Å². The van der Waals surface area contributed by atoms with Crippen molar-refractivity contribution < 1.29 is 22.1 Å². The lowest BCUT2D eigenvalue weighted by Gasteiger charge is -2.22. The van der Waals surface area contributed by atoms with Crippen LogP contribution in [0.15, 0.2) is 60.7 Å². The Hall–Kier alpha value is -2.18. The molecule has 2 aromatic rings. The van der Waals surface area contributed by atoms with E-state index in [0.29, 0.717) is 0 Å². The van der Waals surface area contributed by atoms with Crippen molar-refractivity contribution in [2.24, 2.45) is 5.92 Å². The van der Waals surface area contributed by atoms with Crippen LogP contribution in [-0.4, -0.2) is 26.7 Å². The lowest BCUT2D eigenvalue weighted by atomic mass is 10.0. The fourth-order valence-corrected chi connectivity index (χ4v) is 3.28. The van der Waals surface area contributed by atoms with Crippen LogP contribution in [0.2, 0.25) is 0 Å². The first-order valence-corrected chi connectivity index (χ1v) is 9.94. The number of rotatable bonds is 7. The average Bonchev–Trinajstić information content (AvgIpc) is 3.43. The molecule has 6 heteroatoms. The molecule has 0 spiro atoms. The number of carbonyl (C=O) groups is 1. The molecule has 0 aliphatic heterocycles. The molecule has 0 heterocycles. The molecule has 132 valence electrons. The van der Waals surface area contributed by atoms with Gasteiger partial charge in [0.25, 0.3) is 10.1 Å². The average molecular weight is 360 g/mol. The second-order valence-electron chi connectivity index (χ2n) is 6.20. The van der Waals surface area contributed by atoms with E-state index in [2.05, 4.69) is 0 Å². The van der Waals surface area contributed by atoms with Gasteiger partial charge in [0, 0.05) is 0 Å². The Labute approximate surface area is 147 Å². The largest absolute Gasteiger partial charge is 0.451 e. The van der Waals surface area contributed by atoms with Crippen LogP contribution in [0.5, 0.6) is 0 Å². The second kappa shape index (κ2) is 7.37. The van der Waals surface area contributed by atoms with Crippen molar-refractivity contribution >= 4 is 16.1 Å². The van der Waals surface area contributed by atoms with Gasteiger partial charge < -0.3 is 4.74 Å². The number of carbonyl (C=O) groups excluding carboxylic acids is 1. The Bertz CT molecular complexity index is 774. The van der Waals surface area contributed by atoms with Gasteiger partial charge >= 0.3 is 5.97 Å². The van der Waals surface area contributed by atoms with Crippen LogP contribution in [0.1, 0.15) is 30.1 Å². The molecule has 1 fully saturated rings. The van der Waals surface area contributed by atoms with Gasteiger partial charge in [0.05, 0.1) is 6.26 Å². The predicted octanol–water partition coefficient (Wildman–Crippen LogP) is 3.07. The molecule has 0 bridgehead atoms. The highest BCUT2D eigenvalue weighted by atomic mass is 32.2. The zero-order chi connectivity index (χ0) is 17.9. The molecule has 2 aromatic carbocycles. The van der Waals surface area contributed by atoms with Crippen molar-refractivity contribution in [3.8, 4) is 0 Å². The van der Waals surface area contributed by atoms with Gasteiger partial charge in [0.2, 0.25) is 0 Å². The smallest absolute Gasteiger partial charge is 0.338 e. The minimum Gasteiger partial charge on any atom is -0.451 e. The standard InChI is InChI=1S/C19H20O5S/c1-25(21,22)24-18(16-12-13-16)19(20)23-17(14-8-4-2-5-9-14)15-10-6-3-7-11-15/h2-11,16-18H,12-13H2,1H3. The monoisotopic (exact) mass is 360 g/mol. The summed E-state index contributed by atoms with van der Waals surface area (Å²) < 4.78 is 33.6. The summed E-state index contributed by atoms with van der Waals surface area (Å²) in [5, 5.41) is 0. The molecule has 0 aromatic heterocycles. The molecule has 0 amide bonds. The highest BCUT2D eigenvalue weighted by molar-refractivity contribution is 7.86. The summed E-state index contributed by atoms with van der Waals surface area (Å²) in [6.45, 7) is 0. The predicted molar refractivity (Wildman–Crippen MR) is 93.3 cm³/mol. The normalized spacial score (nSPS) is 15.8. The van der Waals surface area contributed by atoms with E-state index in [1.54, 1.807) is 0 Å². The number of hydrogen-bond donors (Lipinski definition) is 0. The van der Waals surface area contributed by atoms with Gasteiger partial charge in [-0.05, 0) is 29.9 Å². The van der Waals surface area contributed by atoms with Gasteiger partial charge in [0.1, 0.15) is 0 Å². The molecule has 1 aliphatic rings. The van der Waals surface area contributed by atoms with Gasteiger partial charge in [-0.3, -0.25) is 4.18 Å². The zero-order valence-corrected chi connectivity index (χ0v) is 14.7. The zero-order valence-electron chi connectivity index (χ0n) is 13.9. The summed E-state index contributed by atoms with van der Waals surface area (Å²) >= 11 is 0. The molecule has 0 radical (unpaired) electrons. The number of hydrogen-bond acceptors (Lipinski definition) is 5. The molecular weight excluding hydrogens is 340 g/mol. The van der Waals surface area contributed by atoms with Gasteiger partial charge in [-0.25, -0.2) is 4.79 Å².